The molecular weight excluding hydrogens is 150 g/mol. The minimum absolute atomic E-state index is 0.348. The minimum atomic E-state index is 0.348. The van der Waals surface area contributed by atoms with Crippen LogP contribution < -0.4 is 10.5 Å². The molecule has 0 radical (unpaired) electrons. The Hall–Kier alpha value is -1.18. The molecule has 2 N–H and O–H groups in total. The van der Waals surface area contributed by atoms with E-state index in [0.29, 0.717) is 6.10 Å². The fraction of sp³-hybridized carbons (Fsp3) is 0.400. The number of nitrogen functional groups attached to an aromatic ring is 1. The first kappa shape index (κ1) is 7.47. The lowest BCUT2D eigenvalue weighted by Crippen LogP contribution is -2.18. The number of nitrogens with two attached hydrogens (primary N) is 1. The topological polar surface area (TPSA) is 35.2 Å². The quantitative estimate of drug-likeness (QED) is 0.593. The van der Waals surface area contributed by atoms with E-state index in [0.717, 1.165) is 24.3 Å². The van der Waals surface area contributed by atoms with E-state index >= 15 is 0 Å². The maximum Gasteiger partial charge on any atom is 0.123 e. The second-order valence-electron chi connectivity index (χ2n) is 3.33. The fourth-order valence-electron chi connectivity index (χ4n) is 1.54. The van der Waals surface area contributed by atoms with Crippen LogP contribution in [0.1, 0.15) is 18.9 Å². The molecule has 1 heterocycles. The van der Waals surface area contributed by atoms with Gasteiger partial charge in [0.2, 0.25) is 0 Å². The molecule has 0 saturated carbocycles. The Morgan fingerprint density at radius 3 is 3.17 bits per heavy atom. The Bertz CT molecular complexity index is 296. The van der Waals surface area contributed by atoms with Crippen molar-refractivity contribution in [3.63, 3.8) is 0 Å². The lowest BCUT2D eigenvalue weighted by Gasteiger charge is -2.23. The standard InChI is InChI=1S/C10H13NO/c1-7-2-3-8-6-9(11)4-5-10(8)12-7/h4-7H,2-3,11H2,1H3/t7-/m0/s1. The predicted octanol–water partition coefficient (Wildman–Crippen LogP) is 1.98. The molecular formula is C10H13NO. The van der Waals surface area contributed by atoms with E-state index in [-0.39, 0.29) is 0 Å². The molecule has 1 aromatic rings. The van der Waals surface area contributed by atoms with Crippen LogP contribution in [0.2, 0.25) is 0 Å². The summed E-state index contributed by atoms with van der Waals surface area (Å²) in [7, 11) is 0. The van der Waals surface area contributed by atoms with Crippen LogP contribution >= 0.6 is 0 Å². The summed E-state index contributed by atoms with van der Waals surface area (Å²) < 4.78 is 5.63. The molecule has 64 valence electrons. The van der Waals surface area contributed by atoms with Gasteiger partial charge < -0.3 is 10.5 Å². The van der Waals surface area contributed by atoms with Crippen LogP contribution in [0.15, 0.2) is 18.2 Å². The number of anilines is 1. The highest BCUT2D eigenvalue weighted by Gasteiger charge is 2.15. The number of fused-ring (bicyclic) bond motifs is 1. The van der Waals surface area contributed by atoms with Crippen molar-refractivity contribution in [2.24, 2.45) is 0 Å². The summed E-state index contributed by atoms with van der Waals surface area (Å²) in [5.74, 6) is 1.00. The minimum Gasteiger partial charge on any atom is -0.490 e. The average molecular weight is 163 g/mol. The first-order valence-electron chi connectivity index (χ1n) is 4.31. The second kappa shape index (κ2) is 2.70. The summed E-state index contributed by atoms with van der Waals surface area (Å²) in [4.78, 5) is 0. The second-order valence-corrected chi connectivity index (χ2v) is 3.33. The van der Waals surface area contributed by atoms with Crippen LogP contribution in [0.25, 0.3) is 0 Å². The summed E-state index contributed by atoms with van der Waals surface area (Å²) >= 11 is 0. The van der Waals surface area contributed by atoms with Crippen molar-refractivity contribution in [1.29, 1.82) is 0 Å². The van der Waals surface area contributed by atoms with Crippen LogP contribution in [0.5, 0.6) is 5.75 Å². The normalized spacial score (nSPS) is 21.2. The molecule has 0 aliphatic carbocycles. The Morgan fingerprint density at radius 1 is 1.50 bits per heavy atom. The molecule has 0 spiro atoms. The zero-order chi connectivity index (χ0) is 8.55. The number of hydrogen-bond donors (Lipinski definition) is 1. The van der Waals surface area contributed by atoms with Gasteiger partial charge in [-0.05, 0) is 43.5 Å². The highest BCUT2D eigenvalue weighted by molar-refractivity contribution is 5.48. The Morgan fingerprint density at radius 2 is 2.33 bits per heavy atom. The van der Waals surface area contributed by atoms with E-state index in [4.69, 9.17) is 10.5 Å². The van der Waals surface area contributed by atoms with Gasteiger partial charge in [0.15, 0.2) is 0 Å². The molecule has 0 unspecified atom stereocenters. The lowest BCUT2D eigenvalue weighted by atomic mass is 10.0. The van der Waals surface area contributed by atoms with Gasteiger partial charge in [0.25, 0.3) is 0 Å². The highest BCUT2D eigenvalue weighted by Crippen LogP contribution is 2.28. The highest BCUT2D eigenvalue weighted by atomic mass is 16.5. The van der Waals surface area contributed by atoms with Gasteiger partial charge in [-0.3, -0.25) is 0 Å². The van der Waals surface area contributed by atoms with Crippen molar-refractivity contribution >= 4 is 5.69 Å². The van der Waals surface area contributed by atoms with E-state index in [9.17, 15) is 0 Å². The van der Waals surface area contributed by atoms with Gasteiger partial charge in [0.05, 0.1) is 6.10 Å². The third kappa shape index (κ3) is 1.24. The largest absolute Gasteiger partial charge is 0.490 e. The Balaban J connectivity index is 2.37. The van der Waals surface area contributed by atoms with Crippen LogP contribution in [-0.4, -0.2) is 6.10 Å². The van der Waals surface area contributed by atoms with Crippen molar-refractivity contribution in [1.82, 2.24) is 0 Å². The van der Waals surface area contributed by atoms with Gasteiger partial charge in [-0.25, -0.2) is 0 Å². The Labute approximate surface area is 72.3 Å². The summed E-state index contributed by atoms with van der Waals surface area (Å²) in [6.07, 6.45) is 2.53. The van der Waals surface area contributed by atoms with Gasteiger partial charge in [-0.15, -0.1) is 0 Å². The maximum atomic E-state index is 5.66. The third-order valence-electron chi connectivity index (χ3n) is 2.23. The summed E-state index contributed by atoms with van der Waals surface area (Å²) in [5.41, 5.74) is 7.73. The molecule has 2 heteroatoms. The summed E-state index contributed by atoms with van der Waals surface area (Å²) in [6, 6.07) is 5.85. The zero-order valence-corrected chi connectivity index (χ0v) is 7.21. The number of ether oxygens (including phenoxy) is 1. The van der Waals surface area contributed by atoms with Gasteiger partial charge in [0.1, 0.15) is 5.75 Å². The van der Waals surface area contributed by atoms with Crippen molar-refractivity contribution < 1.29 is 4.74 Å². The van der Waals surface area contributed by atoms with Gasteiger partial charge >= 0.3 is 0 Å². The molecule has 2 rings (SSSR count). The Kier molecular flexibility index (Phi) is 1.68. The van der Waals surface area contributed by atoms with Crippen LogP contribution in [0.4, 0.5) is 5.69 Å². The van der Waals surface area contributed by atoms with Crippen LogP contribution in [0.3, 0.4) is 0 Å². The summed E-state index contributed by atoms with van der Waals surface area (Å²) in [6.45, 7) is 2.10. The van der Waals surface area contributed by atoms with Gasteiger partial charge in [-0.1, -0.05) is 0 Å². The molecule has 1 aliphatic rings. The molecule has 0 aromatic heterocycles. The summed E-state index contributed by atoms with van der Waals surface area (Å²) in [5, 5.41) is 0. The lowest BCUT2D eigenvalue weighted by molar-refractivity contribution is 0.192. The van der Waals surface area contributed by atoms with E-state index in [1.54, 1.807) is 0 Å². The first-order valence-corrected chi connectivity index (χ1v) is 4.31. The van der Waals surface area contributed by atoms with E-state index in [2.05, 4.69) is 6.92 Å². The first-order chi connectivity index (χ1) is 5.75. The van der Waals surface area contributed by atoms with Crippen LogP contribution in [-0.2, 0) is 6.42 Å². The molecule has 0 amide bonds. The molecule has 1 atom stereocenters. The number of aryl methyl sites for hydroxylation is 1. The van der Waals surface area contributed by atoms with Crippen molar-refractivity contribution in [2.75, 3.05) is 5.73 Å². The molecule has 12 heavy (non-hydrogen) atoms. The predicted molar refractivity (Wildman–Crippen MR) is 49.3 cm³/mol. The van der Waals surface area contributed by atoms with E-state index in [1.807, 2.05) is 18.2 Å². The third-order valence-corrected chi connectivity index (χ3v) is 2.23. The van der Waals surface area contributed by atoms with Gasteiger partial charge in [0, 0.05) is 5.69 Å². The maximum absolute atomic E-state index is 5.66. The molecule has 0 bridgehead atoms. The van der Waals surface area contributed by atoms with Crippen molar-refractivity contribution in [3.8, 4) is 5.75 Å². The van der Waals surface area contributed by atoms with E-state index in [1.165, 1.54) is 5.56 Å². The monoisotopic (exact) mass is 163 g/mol. The zero-order valence-electron chi connectivity index (χ0n) is 7.21. The fourth-order valence-corrected chi connectivity index (χ4v) is 1.54. The number of benzene rings is 1. The molecule has 0 fully saturated rings. The SMILES string of the molecule is C[C@H]1CCc2cc(N)ccc2O1. The number of hydrogen-bond acceptors (Lipinski definition) is 2. The molecule has 1 aromatic carbocycles. The number of rotatable bonds is 0. The van der Waals surface area contributed by atoms with Crippen molar-refractivity contribution in [2.45, 2.75) is 25.9 Å². The van der Waals surface area contributed by atoms with Crippen molar-refractivity contribution in [3.05, 3.63) is 23.8 Å². The molecule has 1 aliphatic heterocycles. The van der Waals surface area contributed by atoms with E-state index < -0.39 is 0 Å². The molecule has 0 saturated heterocycles. The van der Waals surface area contributed by atoms with Crippen LogP contribution in [0, 0.1) is 0 Å². The van der Waals surface area contributed by atoms with Gasteiger partial charge in [-0.2, -0.15) is 0 Å². The molecule has 2 nitrogen and oxygen atoms in total. The average Bonchev–Trinajstić information content (AvgIpc) is 2.05. The smallest absolute Gasteiger partial charge is 0.123 e.